The quantitative estimate of drug-likeness (QED) is 0.572. The second-order valence-electron chi connectivity index (χ2n) is 7.41. The van der Waals surface area contributed by atoms with E-state index in [-0.39, 0.29) is 5.91 Å². The van der Waals surface area contributed by atoms with Gasteiger partial charge in [-0.3, -0.25) is 9.48 Å². The first-order valence-electron chi connectivity index (χ1n) is 9.91. The summed E-state index contributed by atoms with van der Waals surface area (Å²) < 4.78 is 4.70. The van der Waals surface area contributed by atoms with Gasteiger partial charge < -0.3 is 5.32 Å². The zero-order valence-corrected chi connectivity index (χ0v) is 17.9. The van der Waals surface area contributed by atoms with E-state index >= 15 is 0 Å². The summed E-state index contributed by atoms with van der Waals surface area (Å²) in [5.41, 5.74) is 3.42. The van der Waals surface area contributed by atoms with Crippen molar-refractivity contribution < 1.29 is 4.79 Å². The van der Waals surface area contributed by atoms with Gasteiger partial charge in [0.25, 0.3) is 5.91 Å². The molecule has 7 nitrogen and oxygen atoms in total. The van der Waals surface area contributed by atoms with Crippen LogP contribution in [0, 0.1) is 6.92 Å². The minimum atomic E-state index is -0.0707. The molecule has 0 atom stereocenters. The van der Waals surface area contributed by atoms with Crippen molar-refractivity contribution in [1.82, 2.24) is 29.9 Å². The van der Waals surface area contributed by atoms with Crippen LogP contribution in [0.5, 0.6) is 0 Å². The first-order valence-corrected chi connectivity index (χ1v) is 10.7. The Morgan fingerprint density at radius 3 is 2.86 bits per heavy atom. The van der Waals surface area contributed by atoms with Gasteiger partial charge in [0.05, 0.1) is 33.9 Å². The van der Waals surface area contributed by atoms with Gasteiger partial charge in [-0.25, -0.2) is 9.67 Å². The van der Waals surface area contributed by atoms with Gasteiger partial charge in [0.15, 0.2) is 5.65 Å². The fraction of sp³-hybridized carbons (Fsp3) is 0.500. The smallest absolute Gasteiger partial charge is 0.252 e. The van der Waals surface area contributed by atoms with Gasteiger partial charge in [-0.05, 0) is 48.2 Å². The molecule has 1 fully saturated rings. The lowest BCUT2D eigenvalue weighted by molar-refractivity contribution is 0.0953. The lowest BCUT2D eigenvalue weighted by atomic mass is 10.1. The van der Waals surface area contributed by atoms with E-state index in [4.69, 9.17) is 4.98 Å². The zero-order valence-electron chi connectivity index (χ0n) is 16.3. The van der Waals surface area contributed by atoms with Crippen molar-refractivity contribution in [3.63, 3.8) is 0 Å². The molecule has 148 valence electrons. The number of amides is 1. The molecule has 28 heavy (non-hydrogen) atoms. The third kappa shape index (κ3) is 3.97. The van der Waals surface area contributed by atoms with Crippen molar-refractivity contribution in [2.45, 2.75) is 58.5 Å². The van der Waals surface area contributed by atoms with Crippen LogP contribution in [0.3, 0.4) is 0 Å². The Morgan fingerprint density at radius 2 is 2.18 bits per heavy atom. The maximum Gasteiger partial charge on any atom is 0.252 e. The fourth-order valence-corrected chi connectivity index (χ4v) is 3.77. The molecule has 1 N–H and O–H groups in total. The lowest BCUT2D eigenvalue weighted by Gasteiger charge is -2.10. The number of rotatable bonds is 8. The van der Waals surface area contributed by atoms with E-state index in [1.54, 1.807) is 10.9 Å². The van der Waals surface area contributed by atoms with Crippen LogP contribution in [0.25, 0.3) is 11.0 Å². The van der Waals surface area contributed by atoms with E-state index < -0.39 is 0 Å². The Morgan fingerprint density at radius 1 is 1.36 bits per heavy atom. The zero-order chi connectivity index (χ0) is 19.7. The molecule has 0 radical (unpaired) electrons. The number of carbonyl (C=O) groups excluding carboxylic acids is 1. The topological polar surface area (TPSA) is 77.6 Å². The summed E-state index contributed by atoms with van der Waals surface area (Å²) in [5, 5.41) is 12.8. The van der Waals surface area contributed by atoms with Crippen LogP contribution in [0.4, 0.5) is 0 Å². The van der Waals surface area contributed by atoms with Crippen molar-refractivity contribution in [3.05, 3.63) is 39.9 Å². The molecule has 8 heteroatoms. The molecule has 0 spiro atoms. The molecule has 3 aromatic rings. The van der Waals surface area contributed by atoms with Crippen molar-refractivity contribution in [1.29, 1.82) is 0 Å². The van der Waals surface area contributed by atoms with E-state index in [1.165, 1.54) is 0 Å². The third-order valence-corrected chi connectivity index (χ3v) is 5.50. The van der Waals surface area contributed by atoms with Crippen LogP contribution >= 0.6 is 15.9 Å². The van der Waals surface area contributed by atoms with E-state index in [2.05, 4.69) is 38.4 Å². The van der Waals surface area contributed by atoms with E-state index in [0.29, 0.717) is 24.6 Å². The summed E-state index contributed by atoms with van der Waals surface area (Å²) in [5.74, 6) is 0.408. The molecule has 3 aromatic heterocycles. The summed E-state index contributed by atoms with van der Waals surface area (Å²) >= 11 is 3.39. The Hall–Kier alpha value is -2.22. The first kappa shape index (κ1) is 19.1. The summed E-state index contributed by atoms with van der Waals surface area (Å²) in [7, 11) is 0. The lowest BCUT2D eigenvalue weighted by Crippen LogP contribution is -2.27. The van der Waals surface area contributed by atoms with Gasteiger partial charge >= 0.3 is 0 Å². The summed E-state index contributed by atoms with van der Waals surface area (Å²) in [6.45, 7) is 6.09. The second kappa shape index (κ2) is 8.03. The van der Waals surface area contributed by atoms with Gasteiger partial charge in [-0.2, -0.15) is 10.2 Å². The predicted molar refractivity (Wildman–Crippen MR) is 111 cm³/mol. The van der Waals surface area contributed by atoms with E-state index in [9.17, 15) is 4.79 Å². The highest BCUT2D eigenvalue weighted by Gasteiger charge is 2.28. The third-order valence-electron chi connectivity index (χ3n) is 5.09. The number of nitrogens with one attached hydrogen (secondary N) is 1. The normalized spacial score (nSPS) is 14.0. The molecule has 0 aliphatic heterocycles. The minimum Gasteiger partial charge on any atom is -0.350 e. The Kier molecular flexibility index (Phi) is 5.48. The maximum absolute atomic E-state index is 13.0. The Bertz CT molecular complexity index is 1000. The summed E-state index contributed by atoms with van der Waals surface area (Å²) in [6.07, 6.45) is 8.08. The highest BCUT2D eigenvalue weighted by atomic mass is 79.9. The highest BCUT2D eigenvalue weighted by molar-refractivity contribution is 9.10. The van der Waals surface area contributed by atoms with Crippen LogP contribution < -0.4 is 5.32 Å². The fourth-order valence-electron chi connectivity index (χ4n) is 3.44. The minimum absolute atomic E-state index is 0.0707. The summed E-state index contributed by atoms with van der Waals surface area (Å²) in [6, 6.07) is 1.97. The number of pyridine rings is 1. The number of hydrogen-bond acceptors (Lipinski definition) is 4. The largest absolute Gasteiger partial charge is 0.350 e. The van der Waals surface area contributed by atoms with Gasteiger partial charge in [0.1, 0.15) is 0 Å². The number of aryl methyl sites for hydroxylation is 2. The molecule has 3 heterocycles. The maximum atomic E-state index is 13.0. The van der Waals surface area contributed by atoms with Crippen LogP contribution in [-0.4, -0.2) is 37.0 Å². The van der Waals surface area contributed by atoms with E-state index in [0.717, 1.165) is 59.1 Å². The van der Waals surface area contributed by atoms with Gasteiger partial charge in [0, 0.05) is 30.9 Å². The molecular formula is C20H25BrN6O. The second-order valence-corrected chi connectivity index (χ2v) is 8.32. The molecule has 1 aliphatic rings. The number of nitrogens with zero attached hydrogens (tertiary/aromatic N) is 5. The molecule has 0 saturated heterocycles. The molecule has 1 aliphatic carbocycles. The monoisotopic (exact) mass is 444 g/mol. The van der Waals surface area contributed by atoms with Gasteiger partial charge in [-0.1, -0.05) is 13.3 Å². The van der Waals surface area contributed by atoms with Crippen LogP contribution in [0.1, 0.15) is 60.3 Å². The standard InChI is InChI=1S/C20H25BrN6O/c1-3-4-8-27-19-18(13(2)25-27)16(10-17(24-19)14-5-6-14)20(28)22-7-9-26-12-15(21)11-23-26/h10-12,14H,3-9H2,1-2H3,(H,22,28). The molecule has 1 amide bonds. The molecule has 0 bridgehead atoms. The number of halogens is 1. The number of unbranched alkanes of at least 4 members (excludes halogenated alkanes) is 1. The average molecular weight is 445 g/mol. The molecule has 0 aromatic carbocycles. The number of hydrogen-bond donors (Lipinski definition) is 1. The highest BCUT2D eigenvalue weighted by Crippen LogP contribution is 2.40. The van der Waals surface area contributed by atoms with Crippen LogP contribution in [0.15, 0.2) is 22.9 Å². The van der Waals surface area contributed by atoms with Crippen molar-refractivity contribution in [3.8, 4) is 0 Å². The van der Waals surface area contributed by atoms with Crippen molar-refractivity contribution in [2.24, 2.45) is 0 Å². The SMILES string of the molecule is CCCCn1nc(C)c2c(C(=O)NCCn3cc(Br)cn3)cc(C3CC3)nc21. The van der Waals surface area contributed by atoms with Crippen molar-refractivity contribution >= 4 is 32.9 Å². The number of carbonyl (C=O) groups is 1. The van der Waals surface area contributed by atoms with Crippen LogP contribution in [0.2, 0.25) is 0 Å². The van der Waals surface area contributed by atoms with E-state index in [1.807, 2.05) is 23.9 Å². The van der Waals surface area contributed by atoms with Crippen LogP contribution in [-0.2, 0) is 13.1 Å². The predicted octanol–water partition coefficient (Wildman–Crippen LogP) is 3.81. The van der Waals surface area contributed by atoms with Gasteiger partial charge in [0.2, 0.25) is 0 Å². The molecular weight excluding hydrogens is 420 g/mol. The Balaban J connectivity index is 1.60. The molecule has 4 rings (SSSR count). The average Bonchev–Trinajstić information content (AvgIpc) is 3.38. The number of fused-ring (bicyclic) bond motifs is 1. The summed E-state index contributed by atoms with van der Waals surface area (Å²) in [4.78, 5) is 17.9. The Labute approximate surface area is 172 Å². The molecule has 0 unspecified atom stereocenters. The van der Waals surface area contributed by atoms with Gasteiger partial charge in [-0.15, -0.1) is 0 Å². The number of aromatic nitrogens is 5. The van der Waals surface area contributed by atoms with Crippen molar-refractivity contribution in [2.75, 3.05) is 6.54 Å². The molecule has 1 saturated carbocycles. The first-order chi connectivity index (χ1) is 13.6.